The van der Waals surface area contributed by atoms with Crippen LogP contribution in [0.15, 0.2) is 72.8 Å². The summed E-state index contributed by atoms with van der Waals surface area (Å²) < 4.78 is 12.7. The second kappa shape index (κ2) is 10.5. The zero-order chi connectivity index (χ0) is 23.4. The average Bonchev–Trinajstić information content (AvgIpc) is 2.82. The molecule has 0 radical (unpaired) electrons. The second-order valence-electron chi connectivity index (χ2n) is 7.26. The molecule has 0 aromatic heterocycles. The Labute approximate surface area is 216 Å². The van der Waals surface area contributed by atoms with Gasteiger partial charge in [-0.3, -0.25) is 0 Å². The zero-order valence-corrected chi connectivity index (χ0v) is 21.3. The maximum atomic E-state index is 9.71. The summed E-state index contributed by atoms with van der Waals surface area (Å²) >= 11 is 14.5. The van der Waals surface area contributed by atoms with Crippen LogP contribution in [-0.4, -0.2) is 7.11 Å². The van der Waals surface area contributed by atoms with Crippen molar-refractivity contribution in [2.24, 2.45) is 0 Å². The minimum absolute atomic E-state index is 0.409. The lowest BCUT2D eigenvalue weighted by molar-refractivity contribution is 0.283. The molecule has 0 heterocycles. The third kappa shape index (κ3) is 5.27. The molecule has 4 aromatic rings. The lowest BCUT2D eigenvalue weighted by Crippen LogP contribution is -2.01. The van der Waals surface area contributed by atoms with E-state index in [2.05, 4.69) is 52.9 Å². The number of fused-ring (bicyclic) bond motifs is 1. The summed E-state index contributed by atoms with van der Waals surface area (Å²) in [6.07, 6.45) is 1.77. The highest BCUT2D eigenvalue weighted by Crippen LogP contribution is 2.36. The smallest absolute Gasteiger partial charge is 0.174 e. The summed E-state index contributed by atoms with van der Waals surface area (Å²) in [5, 5.41) is 13.0. The number of nitrogens with zero attached hydrogens (tertiary/aromatic N) is 1. The van der Waals surface area contributed by atoms with Crippen molar-refractivity contribution in [2.75, 3.05) is 7.11 Å². The van der Waals surface area contributed by atoms with Gasteiger partial charge in [0.1, 0.15) is 6.61 Å². The predicted octanol–water partition coefficient (Wildman–Crippen LogP) is 8.40. The monoisotopic (exact) mass is 585 g/mol. The average molecular weight is 586 g/mol. The number of benzene rings is 4. The van der Waals surface area contributed by atoms with Gasteiger partial charge in [-0.25, -0.2) is 0 Å². The summed E-state index contributed by atoms with van der Waals surface area (Å²) in [4.78, 5) is 0. The molecular weight excluding hydrogens is 568 g/mol. The first-order valence-electron chi connectivity index (χ1n) is 10.0. The zero-order valence-electron chi connectivity index (χ0n) is 17.6. The molecule has 0 bridgehead atoms. The van der Waals surface area contributed by atoms with E-state index < -0.39 is 0 Å². The molecule has 0 N–H and O–H groups in total. The van der Waals surface area contributed by atoms with E-state index in [1.54, 1.807) is 31.4 Å². The Hall–Kier alpha value is -2.72. The molecule has 6 heteroatoms. The number of rotatable bonds is 6. The van der Waals surface area contributed by atoms with Gasteiger partial charge in [-0.05, 0) is 74.8 Å². The minimum atomic E-state index is 0.409. The Kier molecular flexibility index (Phi) is 7.44. The lowest BCUT2D eigenvalue weighted by Gasteiger charge is -2.15. The molecule has 4 rings (SSSR count). The van der Waals surface area contributed by atoms with Crippen LogP contribution in [-0.2, 0) is 6.61 Å². The normalized spacial score (nSPS) is 11.3. The molecule has 0 fully saturated rings. The molecule has 0 aliphatic heterocycles. The fourth-order valence-corrected chi connectivity index (χ4v) is 4.87. The quantitative estimate of drug-likeness (QED) is 0.130. The van der Waals surface area contributed by atoms with E-state index in [0.717, 1.165) is 20.1 Å². The molecule has 0 aliphatic rings. The van der Waals surface area contributed by atoms with Crippen LogP contribution in [0.4, 0.5) is 0 Å². The van der Waals surface area contributed by atoms with E-state index >= 15 is 0 Å². The molecule has 0 saturated heterocycles. The van der Waals surface area contributed by atoms with Crippen LogP contribution in [0.5, 0.6) is 11.5 Å². The highest BCUT2D eigenvalue weighted by molar-refractivity contribution is 14.1. The van der Waals surface area contributed by atoms with Gasteiger partial charge in [-0.15, -0.1) is 0 Å². The molecular formula is C27H18Cl2INO2. The van der Waals surface area contributed by atoms with Crippen LogP contribution in [0.3, 0.4) is 0 Å². The molecule has 33 heavy (non-hydrogen) atoms. The SMILES string of the molecule is COc1cc(/C=C(\C#N)c2ccc(Cl)cc2Cl)cc(I)c1OCc1cccc2ccccc12. The number of hydrogen-bond donors (Lipinski definition) is 0. The van der Waals surface area contributed by atoms with E-state index in [9.17, 15) is 5.26 Å². The van der Waals surface area contributed by atoms with Gasteiger partial charge in [0, 0.05) is 10.6 Å². The summed E-state index contributed by atoms with van der Waals surface area (Å²) in [6.45, 7) is 0.409. The largest absolute Gasteiger partial charge is 0.493 e. The van der Waals surface area contributed by atoms with Crippen LogP contribution in [0.1, 0.15) is 16.7 Å². The van der Waals surface area contributed by atoms with Crippen molar-refractivity contribution < 1.29 is 9.47 Å². The number of allylic oxidation sites excluding steroid dienone is 1. The fourth-order valence-electron chi connectivity index (χ4n) is 3.58. The Morgan fingerprint density at radius 2 is 1.82 bits per heavy atom. The van der Waals surface area contributed by atoms with Crippen molar-refractivity contribution in [1.82, 2.24) is 0 Å². The van der Waals surface area contributed by atoms with Gasteiger partial charge in [0.25, 0.3) is 0 Å². The summed E-state index contributed by atoms with van der Waals surface area (Å²) in [7, 11) is 1.60. The van der Waals surface area contributed by atoms with Crippen LogP contribution < -0.4 is 9.47 Å². The number of halogens is 3. The van der Waals surface area contributed by atoms with Gasteiger partial charge in [0.15, 0.2) is 11.5 Å². The van der Waals surface area contributed by atoms with Crippen LogP contribution in [0.25, 0.3) is 22.4 Å². The third-order valence-electron chi connectivity index (χ3n) is 5.16. The first-order chi connectivity index (χ1) is 16.0. The third-order valence-corrected chi connectivity index (χ3v) is 6.51. The van der Waals surface area contributed by atoms with E-state index in [0.29, 0.717) is 39.3 Å². The highest BCUT2D eigenvalue weighted by Gasteiger charge is 2.14. The Morgan fingerprint density at radius 1 is 1.03 bits per heavy atom. The van der Waals surface area contributed by atoms with Crippen molar-refractivity contribution in [3.8, 4) is 17.6 Å². The summed E-state index contributed by atoms with van der Waals surface area (Å²) in [6, 6.07) is 25.5. The molecule has 4 aromatic carbocycles. The first-order valence-corrected chi connectivity index (χ1v) is 11.9. The van der Waals surface area contributed by atoms with Crippen LogP contribution >= 0.6 is 45.8 Å². The van der Waals surface area contributed by atoms with Gasteiger partial charge in [0.05, 0.1) is 27.3 Å². The minimum Gasteiger partial charge on any atom is -0.493 e. The maximum Gasteiger partial charge on any atom is 0.174 e. The van der Waals surface area contributed by atoms with Gasteiger partial charge in [-0.1, -0.05) is 71.7 Å². The van der Waals surface area contributed by atoms with Crippen molar-refractivity contribution in [3.05, 3.63) is 103 Å². The van der Waals surface area contributed by atoms with Crippen LogP contribution in [0.2, 0.25) is 10.0 Å². The lowest BCUT2D eigenvalue weighted by atomic mass is 10.0. The Morgan fingerprint density at radius 3 is 2.58 bits per heavy atom. The van der Waals surface area contributed by atoms with Crippen molar-refractivity contribution in [2.45, 2.75) is 6.61 Å². The first kappa shape index (κ1) is 23.4. The van der Waals surface area contributed by atoms with Gasteiger partial charge in [-0.2, -0.15) is 5.26 Å². The second-order valence-corrected chi connectivity index (χ2v) is 9.26. The molecule has 0 unspecified atom stereocenters. The molecule has 0 saturated carbocycles. The van der Waals surface area contributed by atoms with Crippen molar-refractivity contribution >= 4 is 68.2 Å². The predicted molar refractivity (Wildman–Crippen MR) is 144 cm³/mol. The fraction of sp³-hybridized carbons (Fsp3) is 0.0741. The van der Waals surface area contributed by atoms with Gasteiger partial charge >= 0.3 is 0 Å². The van der Waals surface area contributed by atoms with E-state index in [4.69, 9.17) is 32.7 Å². The van der Waals surface area contributed by atoms with Gasteiger partial charge in [0.2, 0.25) is 0 Å². The molecule has 0 atom stereocenters. The number of nitriles is 1. The van der Waals surface area contributed by atoms with Gasteiger partial charge < -0.3 is 9.47 Å². The maximum absolute atomic E-state index is 9.71. The number of ether oxygens (including phenoxy) is 2. The molecule has 164 valence electrons. The topological polar surface area (TPSA) is 42.2 Å². The molecule has 0 amide bonds. The highest BCUT2D eigenvalue weighted by atomic mass is 127. The summed E-state index contributed by atoms with van der Waals surface area (Å²) in [5.41, 5.74) is 2.95. The Balaban J connectivity index is 1.65. The number of methoxy groups -OCH3 is 1. The van der Waals surface area contributed by atoms with Crippen molar-refractivity contribution in [1.29, 1.82) is 5.26 Å². The van der Waals surface area contributed by atoms with E-state index in [1.165, 1.54) is 5.39 Å². The summed E-state index contributed by atoms with van der Waals surface area (Å²) in [5.74, 6) is 1.25. The van der Waals surface area contributed by atoms with E-state index in [-0.39, 0.29) is 0 Å². The molecule has 3 nitrogen and oxygen atoms in total. The molecule has 0 aliphatic carbocycles. The Bertz CT molecular complexity index is 1400. The van der Waals surface area contributed by atoms with Crippen molar-refractivity contribution in [3.63, 3.8) is 0 Å². The molecule has 0 spiro atoms. The standard InChI is InChI=1S/C27H18Cl2INO2/c1-32-26-13-17(11-20(15-31)23-10-9-21(28)14-24(23)29)12-25(30)27(26)33-16-19-7-4-6-18-5-2-3-8-22(18)19/h2-14H,16H2,1H3/b20-11+. The number of hydrogen-bond acceptors (Lipinski definition) is 3. The van der Waals surface area contributed by atoms with E-state index in [1.807, 2.05) is 30.3 Å². The van der Waals surface area contributed by atoms with Crippen LogP contribution in [0, 0.1) is 14.9 Å².